The number of hydrogen-bond donors (Lipinski definition) is 1. The zero-order valence-electron chi connectivity index (χ0n) is 13.0. The minimum Gasteiger partial charge on any atom is -0.325 e. The molecule has 0 aromatic rings. The summed E-state index contributed by atoms with van der Waals surface area (Å²) >= 11 is 0. The van der Waals surface area contributed by atoms with Crippen LogP contribution in [0, 0.1) is 11.8 Å². The van der Waals surface area contributed by atoms with Crippen LogP contribution in [-0.4, -0.2) is 29.1 Å². The molecule has 1 aliphatic carbocycles. The Morgan fingerprint density at radius 2 is 1.95 bits per heavy atom. The summed E-state index contributed by atoms with van der Waals surface area (Å²) in [6.45, 7) is 9.54. The van der Waals surface area contributed by atoms with Crippen LogP contribution in [0.2, 0.25) is 0 Å². The molecule has 3 nitrogen and oxygen atoms in total. The molecule has 19 heavy (non-hydrogen) atoms. The van der Waals surface area contributed by atoms with Crippen molar-refractivity contribution in [2.75, 3.05) is 6.54 Å². The second kappa shape index (κ2) is 5.82. The molecule has 2 fully saturated rings. The van der Waals surface area contributed by atoms with E-state index in [0.29, 0.717) is 11.8 Å². The van der Waals surface area contributed by atoms with E-state index in [0.717, 1.165) is 18.9 Å². The van der Waals surface area contributed by atoms with Crippen molar-refractivity contribution in [3.8, 4) is 0 Å². The van der Waals surface area contributed by atoms with Crippen LogP contribution in [0.5, 0.6) is 0 Å². The summed E-state index contributed by atoms with van der Waals surface area (Å²) in [5, 5.41) is 3.58. The van der Waals surface area contributed by atoms with Gasteiger partial charge < -0.3 is 4.90 Å². The molecular formula is C16H30N2O. The van der Waals surface area contributed by atoms with Crippen LogP contribution in [0.15, 0.2) is 0 Å². The Kier molecular flexibility index (Phi) is 4.54. The molecule has 2 atom stereocenters. The molecule has 0 bridgehead atoms. The molecule has 1 saturated heterocycles. The molecule has 0 spiro atoms. The van der Waals surface area contributed by atoms with Crippen molar-refractivity contribution in [1.29, 1.82) is 0 Å². The zero-order valence-corrected chi connectivity index (χ0v) is 13.0. The van der Waals surface area contributed by atoms with Crippen LogP contribution in [0.3, 0.4) is 0 Å². The Labute approximate surface area is 118 Å². The van der Waals surface area contributed by atoms with Crippen LogP contribution >= 0.6 is 0 Å². The molecule has 1 amide bonds. The highest BCUT2D eigenvalue weighted by molar-refractivity contribution is 5.88. The Morgan fingerprint density at radius 3 is 2.47 bits per heavy atom. The number of carbonyl (C=O) groups is 1. The third-order valence-corrected chi connectivity index (χ3v) is 5.05. The van der Waals surface area contributed by atoms with Gasteiger partial charge in [0, 0.05) is 6.54 Å². The van der Waals surface area contributed by atoms with E-state index >= 15 is 0 Å². The van der Waals surface area contributed by atoms with Crippen molar-refractivity contribution < 1.29 is 4.79 Å². The van der Waals surface area contributed by atoms with E-state index in [4.69, 9.17) is 0 Å². The summed E-state index contributed by atoms with van der Waals surface area (Å²) < 4.78 is 0. The summed E-state index contributed by atoms with van der Waals surface area (Å²) in [6.07, 6.45) is 7.77. The molecule has 2 aliphatic rings. The molecule has 1 aliphatic heterocycles. The van der Waals surface area contributed by atoms with Gasteiger partial charge >= 0.3 is 0 Å². The molecule has 2 unspecified atom stereocenters. The summed E-state index contributed by atoms with van der Waals surface area (Å²) in [7, 11) is 0. The van der Waals surface area contributed by atoms with Crippen LogP contribution in [0.1, 0.15) is 66.2 Å². The largest absolute Gasteiger partial charge is 0.325 e. The van der Waals surface area contributed by atoms with Gasteiger partial charge in [0.25, 0.3) is 0 Å². The van der Waals surface area contributed by atoms with E-state index in [9.17, 15) is 4.79 Å². The van der Waals surface area contributed by atoms with E-state index in [1.807, 2.05) is 0 Å². The van der Waals surface area contributed by atoms with Crippen molar-refractivity contribution >= 4 is 5.91 Å². The topological polar surface area (TPSA) is 32.3 Å². The minimum absolute atomic E-state index is 0.222. The monoisotopic (exact) mass is 266 g/mol. The molecule has 3 heteroatoms. The molecule has 110 valence electrons. The van der Waals surface area contributed by atoms with Crippen molar-refractivity contribution in [3.05, 3.63) is 0 Å². The lowest BCUT2D eigenvalue weighted by Crippen LogP contribution is -2.45. The first kappa shape index (κ1) is 14.8. The zero-order chi connectivity index (χ0) is 14.0. The van der Waals surface area contributed by atoms with E-state index in [-0.39, 0.29) is 11.7 Å². The normalized spacial score (nSPS) is 33.4. The molecule has 1 N–H and O–H groups in total. The fourth-order valence-corrected chi connectivity index (χ4v) is 3.53. The van der Waals surface area contributed by atoms with Gasteiger partial charge in [-0.2, -0.15) is 0 Å². The smallest absolute Gasteiger partial charge is 0.243 e. The van der Waals surface area contributed by atoms with Gasteiger partial charge in [-0.25, -0.2) is 0 Å². The predicted molar refractivity (Wildman–Crippen MR) is 78.7 cm³/mol. The van der Waals surface area contributed by atoms with Crippen LogP contribution in [0.4, 0.5) is 0 Å². The number of carbonyl (C=O) groups excluding carboxylic acids is 1. The predicted octanol–water partition coefficient (Wildman–Crippen LogP) is 3.15. The molecule has 0 aromatic carbocycles. The van der Waals surface area contributed by atoms with E-state index in [1.54, 1.807) is 0 Å². The molecule has 1 saturated carbocycles. The lowest BCUT2D eigenvalue weighted by molar-refractivity contribution is -0.134. The number of amides is 1. The SMILES string of the molecule is CCC1(C)NC(C(C)C)N(CC2CCCCC2)C1=O. The Bertz CT molecular complexity index is 323. The van der Waals surface area contributed by atoms with Crippen LogP contribution in [-0.2, 0) is 4.79 Å². The van der Waals surface area contributed by atoms with Gasteiger partial charge in [-0.1, -0.05) is 40.0 Å². The first-order chi connectivity index (χ1) is 8.98. The lowest BCUT2D eigenvalue weighted by Gasteiger charge is -2.32. The highest BCUT2D eigenvalue weighted by Crippen LogP contribution is 2.31. The lowest BCUT2D eigenvalue weighted by atomic mass is 9.88. The molecular weight excluding hydrogens is 236 g/mol. The van der Waals surface area contributed by atoms with Gasteiger partial charge in [0.05, 0.1) is 11.7 Å². The quantitative estimate of drug-likeness (QED) is 0.848. The summed E-state index contributed by atoms with van der Waals surface area (Å²) in [5.74, 6) is 1.51. The maximum Gasteiger partial charge on any atom is 0.243 e. The van der Waals surface area contributed by atoms with Gasteiger partial charge in [0.15, 0.2) is 0 Å². The van der Waals surface area contributed by atoms with Crippen LogP contribution < -0.4 is 5.32 Å². The second-order valence-electron chi connectivity index (χ2n) is 6.98. The van der Waals surface area contributed by atoms with Crippen molar-refractivity contribution in [2.24, 2.45) is 11.8 Å². The van der Waals surface area contributed by atoms with Gasteiger partial charge in [-0.05, 0) is 38.0 Å². The van der Waals surface area contributed by atoms with Gasteiger partial charge in [0.1, 0.15) is 0 Å². The van der Waals surface area contributed by atoms with Crippen molar-refractivity contribution in [3.63, 3.8) is 0 Å². The fraction of sp³-hybridized carbons (Fsp3) is 0.938. The highest BCUT2D eigenvalue weighted by atomic mass is 16.2. The second-order valence-corrected chi connectivity index (χ2v) is 6.98. The summed E-state index contributed by atoms with van der Waals surface area (Å²) in [5.41, 5.74) is -0.344. The number of nitrogens with zero attached hydrogens (tertiary/aromatic N) is 1. The average Bonchev–Trinajstić information content (AvgIpc) is 2.66. The summed E-state index contributed by atoms with van der Waals surface area (Å²) in [6, 6.07) is 0. The minimum atomic E-state index is -0.344. The molecule has 0 radical (unpaired) electrons. The van der Waals surface area contributed by atoms with E-state index < -0.39 is 0 Å². The molecule has 0 aromatic heterocycles. The Morgan fingerprint density at radius 1 is 1.32 bits per heavy atom. The number of rotatable bonds is 4. The molecule has 2 rings (SSSR count). The highest BCUT2D eigenvalue weighted by Gasteiger charge is 2.47. The average molecular weight is 266 g/mol. The van der Waals surface area contributed by atoms with Gasteiger partial charge in [-0.15, -0.1) is 0 Å². The van der Waals surface area contributed by atoms with Crippen LogP contribution in [0.25, 0.3) is 0 Å². The van der Waals surface area contributed by atoms with Crippen molar-refractivity contribution in [1.82, 2.24) is 10.2 Å². The first-order valence-corrected chi connectivity index (χ1v) is 8.06. The van der Waals surface area contributed by atoms with E-state index in [2.05, 4.69) is 37.9 Å². The maximum atomic E-state index is 12.7. The third kappa shape index (κ3) is 2.96. The van der Waals surface area contributed by atoms with Gasteiger partial charge in [-0.3, -0.25) is 10.1 Å². The first-order valence-electron chi connectivity index (χ1n) is 8.06. The van der Waals surface area contributed by atoms with E-state index in [1.165, 1.54) is 32.1 Å². The third-order valence-electron chi connectivity index (χ3n) is 5.05. The van der Waals surface area contributed by atoms with Crippen molar-refractivity contribution in [2.45, 2.75) is 77.9 Å². The number of nitrogens with one attached hydrogen (secondary N) is 1. The maximum absolute atomic E-state index is 12.7. The standard InChI is InChI=1S/C16H30N2O/c1-5-16(4)15(19)18(14(17-16)12(2)3)11-13-9-7-6-8-10-13/h12-14,17H,5-11H2,1-4H3. The van der Waals surface area contributed by atoms with Gasteiger partial charge in [0.2, 0.25) is 5.91 Å². The fourth-order valence-electron chi connectivity index (χ4n) is 3.53. The number of hydrogen-bond acceptors (Lipinski definition) is 2. The molecule has 1 heterocycles. The summed E-state index contributed by atoms with van der Waals surface area (Å²) in [4.78, 5) is 14.9. The Hall–Kier alpha value is -0.570. The Balaban J connectivity index is 2.08.